The normalized spacial score (nSPS) is 20.4. The maximum Gasteiger partial charge on any atom is 0.0471 e. The molecule has 0 aliphatic carbocycles. The number of ether oxygens (including phenoxy) is 2. The second kappa shape index (κ2) is 7.20. The highest BCUT2D eigenvalue weighted by molar-refractivity contribution is 4.83. The van der Waals surface area contributed by atoms with E-state index in [1.165, 1.54) is 32.1 Å². The Labute approximate surface area is 93.5 Å². The van der Waals surface area contributed by atoms with Gasteiger partial charge in [0, 0.05) is 33.5 Å². The molecule has 1 heterocycles. The third-order valence-electron chi connectivity index (χ3n) is 3.41. The fourth-order valence-corrected chi connectivity index (χ4v) is 2.44. The highest BCUT2D eigenvalue weighted by atomic mass is 16.5. The van der Waals surface area contributed by atoms with Gasteiger partial charge in [0.2, 0.25) is 0 Å². The van der Waals surface area contributed by atoms with Crippen molar-refractivity contribution < 1.29 is 9.47 Å². The van der Waals surface area contributed by atoms with Crippen molar-refractivity contribution in [2.24, 2.45) is 5.41 Å². The second-order valence-electron chi connectivity index (χ2n) is 4.59. The molecule has 1 aliphatic heterocycles. The summed E-state index contributed by atoms with van der Waals surface area (Å²) in [5.74, 6) is 0. The minimum Gasteiger partial charge on any atom is -0.385 e. The van der Waals surface area contributed by atoms with Crippen LogP contribution in [-0.2, 0) is 9.47 Å². The molecule has 3 nitrogen and oxygen atoms in total. The minimum absolute atomic E-state index is 0.487. The Balaban J connectivity index is 2.28. The summed E-state index contributed by atoms with van der Waals surface area (Å²) < 4.78 is 10.5. The van der Waals surface area contributed by atoms with Crippen molar-refractivity contribution in [2.45, 2.75) is 32.1 Å². The molecular formula is C12H25NO2. The zero-order valence-corrected chi connectivity index (χ0v) is 10.2. The fraction of sp³-hybridized carbons (Fsp3) is 1.00. The molecule has 0 atom stereocenters. The molecule has 0 amide bonds. The Morgan fingerprint density at radius 1 is 1.27 bits per heavy atom. The van der Waals surface area contributed by atoms with Crippen LogP contribution >= 0.6 is 0 Å². The molecule has 0 spiro atoms. The van der Waals surface area contributed by atoms with Crippen LogP contribution in [0.1, 0.15) is 32.1 Å². The number of nitrogens with one attached hydrogen (secondary N) is 1. The van der Waals surface area contributed by atoms with Crippen molar-refractivity contribution >= 4 is 0 Å². The fourth-order valence-electron chi connectivity index (χ4n) is 2.44. The van der Waals surface area contributed by atoms with E-state index in [1.807, 2.05) is 7.05 Å². The molecule has 0 unspecified atom stereocenters. The third kappa shape index (κ3) is 4.49. The van der Waals surface area contributed by atoms with E-state index in [0.29, 0.717) is 5.41 Å². The second-order valence-corrected chi connectivity index (χ2v) is 4.59. The van der Waals surface area contributed by atoms with Gasteiger partial charge >= 0.3 is 0 Å². The Morgan fingerprint density at radius 2 is 2.00 bits per heavy atom. The molecule has 90 valence electrons. The highest BCUT2D eigenvalue weighted by Crippen LogP contribution is 2.35. The van der Waals surface area contributed by atoms with Crippen LogP contribution < -0.4 is 5.32 Å². The summed E-state index contributed by atoms with van der Waals surface area (Å²) in [7, 11) is 3.82. The smallest absolute Gasteiger partial charge is 0.0471 e. The number of unbranched alkanes of at least 4 members (excludes halogenated alkanes) is 1. The lowest BCUT2D eigenvalue weighted by Crippen LogP contribution is -2.38. The van der Waals surface area contributed by atoms with Gasteiger partial charge in [-0.05, 0) is 38.1 Å². The van der Waals surface area contributed by atoms with Crippen LogP contribution in [0.4, 0.5) is 0 Å². The summed E-state index contributed by atoms with van der Waals surface area (Å²) in [6.07, 6.45) is 6.18. The summed E-state index contributed by atoms with van der Waals surface area (Å²) in [5, 5.41) is 3.33. The third-order valence-corrected chi connectivity index (χ3v) is 3.41. The Bertz CT molecular complexity index is 150. The van der Waals surface area contributed by atoms with E-state index in [1.54, 1.807) is 7.11 Å². The molecule has 0 bridgehead atoms. The van der Waals surface area contributed by atoms with Crippen molar-refractivity contribution in [1.82, 2.24) is 5.32 Å². The Morgan fingerprint density at radius 3 is 2.60 bits per heavy atom. The molecule has 1 aliphatic rings. The Kier molecular flexibility index (Phi) is 6.22. The van der Waals surface area contributed by atoms with Gasteiger partial charge in [-0.2, -0.15) is 0 Å². The lowest BCUT2D eigenvalue weighted by Gasteiger charge is -2.37. The van der Waals surface area contributed by atoms with Crippen molar-refractivity contribution in [3.63, 3.8) is 0 Å². The SMILES string of the molecule is CNCC1(CCCCOC)CCOCC1. The lowest BCUT2D eigenvalue weighted by molar-refractivity contribution is 0.00933. The van der Waals surface area contributed by atoms with E-state index in [4.69, 9.17) is 9.47 Å². The van der Waals surface area contributed by atoms with Gasteiger partial charge in [-0.25, -0.2) is 0 Å². The first-order valence-corrected chi connectivity index (χ1v) is 6.04. The molecule has 1 N–H and O–H groups in total. The van der Waals surface area contributed by atoms with E-state index in [-0.39, 0.29) is 0 Å². The molecule has 0 saturated carbocycles. The minimum atomic E-state index is 0.487. The largest absolute Gasteiger partial charge is 0.385 e. The van der Waals surface area contributed by atoms with Crippen LogP contribution in [-0.4, -0.2) is 40.5 Å². The summed E-state index contributed by atoms with van der Waals surface area (Å²) in [5.41, 5.74) is 0.487. The van der Waals surface area contributed by atoms with Gasteiger partial charge in [0.15, 0.2) is 0 Å². The maximum absolute atomic E-state index is 5.45. The van der Waals surface area contributed by atoms with E-state index in [0.717, 1.165) is 26.4 Å². The van der Waals surface area contributed by atoms with Gasteiger partial charge in [-0.1, -0.05) is 6.42 Å². The highest BCUT2D eigenvalue weighted by Gasteiger charge is 2.31. The van der Waals surface area contributed by atoms with Gasteiger partial charge in [0.05, 0.1) is 0 Å². The number of hydrogen-bond donors (Lipinski definition) is 1. The lowest BCUT2D eigenvalue weighted by atomic mass is 9.76. The van der Waals surface area contributed by atoms with Crippen LogP contribution in [0.5, 0.6) is 0 Å². The van der Waals surface area contributed by atoms with Gasteiger partial charge in [0.1, 0.15) is 0 Å². The molecule has 15 heavy (non-hydrogen) atoms. The number of hydrogen-bond acceptors (Lipinski definition) is 3. The average molecular weight is 215 g/mol. The van der Waals surface area contributed by atoms with Gasteiger partial charge in [0.25, 0.3) is 0 Å². The van der Waals surface area contributed by atoms with Gasteiger partial charge in [-0.15, -0.1) is 0 Å². The van der Waals surface area contributed by atoms with Gasteiger partial charge < -0.3 is 14.8 Å². The monoisotopic (exact) mass is 215 g/mol. The molecule has 1 fully saturated rings. The van der Waals surface area contributed by atoms with Crippen LogP contribution in [0.25, 0.3) is 0 Å². The molecular weight excluding hydrogens is 190 g/mol. The summed E-state index contributed by atoms with van der Waals surface area (Å²) in [4.78, 5) is 0. The molecule has 0 radical (unpaired) electrons. The standard InChI is InChI=1S/C12H25NO2/c1-13-11-12(5-3-4-8-14-2)6-9-15-10-7-12/h13H,3-11H2,1-2H3. The quantitative estimate of drug-likeness (QED) is 0.657. The van der Waals surface area contributed by atoms with Crippen molar-refractivity contribution in [1.29, 1.82) is 0 Å². The molecule has 1 saturated heterocycles. The van der Waals surface area contributed by atoms with E-state index in [2.05, 4.69) is 5.32 Å². The first-order valence-electron chi connectivity index (χ1n) is 6.04. The van der Waals surface area contributed by atoms with Crippen LogP contribution in [0.3, 0.4) is 0 Å². The maximum atomic E-state index is 5.45. The molecule has 0 aromatic carbocycles. The zero-order valence-electron chi connectivity index (χ0n) is 10.2. The van der Waals surface area contributed by atoms with Crippen molar-refractivity contribution in [3.05, 3.63) is 0 Å². The summed E-state index contributed by atoms with van der Waals surface area (Å²) >= 11 is 0. The van der Waals surface area contributed by atoms with Crippen molar-refractivity contribution in [3.8, 4) is 0 Å². The molecule has 1 rings (SSSR count). The van der Waals surface area contributed by atoms with E-state index < -0.39 is 0 Å². The van der Waals surface area contributed by atoms with Crippen LogP contribution in [0.15, 0.2) is 0 Å². The Hall–Kier alpha value is -0.120. The summed E-state index contributed by atoms with van der Waals surface area (Å²) in [6, 6.07) is 0. The van der Waals surface area contributed by atoms with E-state index in [9.17, 15) is 0 Å². The molecule has 0 aromatic heterocycles. The van der Waals surface area contributed by atoms with Crippen LogP contribution in [0, 0.1) is 5.41 Å². The molecule has 3 heteroatoms. The molecule has 0 aromatic rings. The van der Waals surface area contributed by atoms with Gasteiger partial charge in [-0.3, -0.25) is 0 Å². The summed E-state index contributed by atoms with van der Waals surface area (Å²) in [6.45, 7) is 3.90. The first-order chi connectivity index (χ1) is 7.33. The predicted octanol–water partition coefficient (Wildman–Crippen LogP) is 1.82. The zero-order chi connectivity index (χ0) is 11.0. The topological polar surface area (TPSA) is 30.5 Å². The number of methoxy groups -OCH3 is 1. The van der Waals surface area contributed by atoms with E-state index >= 15 is 0 Å². The van der Waals surface area contributed by atoms with Crippen LogP contribution in [0.2, 0.25) is 0 Å². The predicted molar refractivity (Wildman–Crippen MR) is 62.1 cm³/mol. The number of rotatable bonds is 7. The average Bonchev–Trinajstić information content (AvgIpc) is 2.26. The first kappa shape index (κ1) is 12.9. The van der Waals surface area contributed by atoms with Crippen molar-refractivity contribution in [2.75, 3.05) is 40.5 Å².